The van der Waals surface area contributed by atoms with Crippen LogP contribution in [0.4, 0.5) is 5.69 Å². The van der Waals surface area contributed by atoms with E-state index in [0.29, 0.717) is 17.4 Å². The Balaban J connectivity index is 1.73. The molecule has 0 aliphatic carbocycles. The molecule has 0 radical (unpaired) electrons. The molecule has 0 aliphatic heterocycles. The van der Waals surface area contributed by atoms with Gasteiger partial charge in [-0.2, -0.15) is 0 Å². The smallest absolute Gasteiger partial charge is 0.227 e. The molecule has 146 valence electrons. The minimum atomic E-state index is -0.0610. The molecule has 28 heavy (non-hydrogen) atoms. The largest absolute Gasteiger partial charge is 0.436 e. The van der Waals surface area contributed by atoms with Gasteiger partial charge in [-0.1, -0.05) is 31.9 Å². The lowest BCUT2D eigenvalue weighted by Gasteiger charge is -2.12. The highest BCUT2D eigenvalue weighted by Crippen LogP contribution is 2.28. The number of unbranched alkanes of at least 4 members (excludes halogenated alkanes) is 2. The minimum Gasteiger partial charge on any atom is -0.436 e. The van der Waals surface area contributed by atoms with Crippen LogP contribution in [0, 0.1) is 13.8 Å². The van der Waals surface area contributed by atoms with Gasteiger partial charge in [0.1, 0.15) is 5.52 Å². The third-order valence-corrected chi connectivity index (χ3v) is 4.74. The van der Waals surface area contributed by atoms with Crippen LogP contribution in [0.2, 0.25) is 0 Å². The molecule has 5 nitrogen and oxygen atoms in total. The highest BCUT2D eigenvalue weighted by Gasteiger charge is 2.12. The highest BCUT2D eigenvalue weighted by molar-refractivity contribution is 7.80. The van der Waals surface area contributed by atoms with Crippen LogP contribution in [0.15, 0.2) is 40.8 Å². The van der Waals surface area contributed by atoms with E-state index in [1.807, 2.05) is 50.2 Å². The summed E-state index contributed by atoms with van der Waals surface area (Å²) in [6.45, 7) is 6.11. The lowest BCUT2D eigenvalue weighted by molar-refractivity contribution is -0.119. The van der Waals surface area contributed by atoms with Gasteiger partial charge < -0.3 is 15.1 Å². The van der Waals surface area contributed by atoms with E-state index in [0.717, 1.165) is 52.7 Å². The van der Waals surface area contributed by atoms with Crippen LogP contribution in [0.1, 0.15) is 43.7 Å². The molecule has 0 bridgehead atoms. The standard InChI is InChI=1S/C22H25N3O2S/c1-4-5-6-7-20(26)25-22(28)24-18-13-16(10-9-15(18)3)21-23-17-11-8-14(2)12-19(17)27-21/h8-13H,4-7H2,1-3H3,(H2,24,25,26,28). The van der Waals surface area contributed by atoms with E-state index in [-0.39, 0.29) is 5.91 Å². The summed E-state index contributed by atoms with van der Waals surface area (Å²) in [5.74, 6) is 0.493. The lowest BCUT2D eigenvalue weighted by Crippen LogP contribution is -2.34. The number of fused-ring (bicyclic) bond motifs is 1. The minimum absolute atomic E-state index is 0.0610. The molecule has 0 aliphatic rings. The number of carbonyl (C=O) groups is 1. The zero-order valence-electron chi connectivity index (χ0n) is 16.5. The molecular weight excluding hydrogens is 370 g/mol. The molecule has 0 saturated carbocycles. The van der Waals surface area contributed by atoms with Crippen molar-refractivity contribution < 1.29 is 9.21 Å². The van der Waals surface area contributed by atoms with Crippen molar-refractivity contribution in [1.82, 2.24) is 10.3 Å². The lowest BCUT2D eigenvalue weighted by atomic mass is 10.1. The molecule has 2 aromatic carbocycles. The fourth-order valence-electron chi connectivity index (χ4n) is 2.92. The van der Waals surface area contributed by atoms with Crippen molar-refractivity contribution in [2.75, 3.05) is 5.32 Å². The second kappa shape index (κ2) is 8.97. The average molecular weight is 396 g/mol. The Kier molecular flexibility index (Phi) is 6.41. The van der Waals surface area contributed by atoms with Crippen LogP contribution in [-0.2, 0) is 4.79 Å². The molecule has 3 rings (SSSR count). The van der Waals surface area contributed by atoms with Crippen molar-refractivity contribution >= 4 is 40.0 Å². The van der Waals surface area contributed by atoms with Crippen molar-refractivity contribution in [2.24, 2.45) is 0 Å². The Hall–Kier alpha value is -2.73. The van der Waals surface area contributed by atoms with Gasteiger partial charge in [0.2, 0.25) is 11.8 Å². The van der Waals surface area contributed by atoms with E-state index in [1.54, 1.807) is 0 Å². The molecule has 1 aromatic heterocycles. The van der Waals surface area contributed by atoms with Gasteiger partial charge in [0.25, 0.3) is 0 Å². The van der Waals surface area contributed by atoms with Gasteiger partial charge >= 0.3 is 0 Å². The number of hydrogen-bond acceptors (Lipinski definition) is 4. The molecule has 3 aromatic rings. The monoisotopic (exact) mass is 395 g/mol. The Bertz CT molecular complexity index is 1010. The van der Waals surface area contributed by atoms with Gasteiger partial charge in [-0.15, -0.1) is 0 Å². The Morgan fingerprint density at radius 2 is 1.96 bits per heavy atom. The number of amides is 1. The summed E-state index contributed by atoms with van der Waals surface area (Å²) in [4.78, 5) is 16.5. The molecule has 6 heteroatoms. The summed E-state index contributed by atoms with van der Waals surface area (Å²) in [5, 5.41) is 6.16. The van der Waals surface area contributed by atoms with E-state index in [4.69, 9.17) is 16.6 Å². The van der Waals surface area contributed by atoms with Crippen LogP contribution in [0.5, 0.6) is 0 Å². The number of nitrogens with zero attached hydrogens (tertiary/aromatic N) is 1. The zero-order valence-corrected chi connectivity index (χ0v) is 17.3. The van der Waals surface area contributed by atoms with E-state index in [1.165, 1.54) is 0 Å². The van der Waals surface area contributed by atoms with Crippen molar-refractivity contribution in [2.45, 2.75) is 46.5 Å². The number of aryl methyl sites for hydroxylation is 2. The summed E-state index contributed by atoms with van der Waals surface area (Å²) >= 11 is 5.30. The van der Waals surface area contributed by atoms with E-state index in [2.05, 4.69) is 22.5 Å². The Labute approximate surface area is 170 Å². The molecule has 0 fully saturated rings. The first-order valence-electron chi connectivity index (χ1n) is 9.55. The Morgan fingerprint density at radius 3 is 2.75 bits per heavy atom. The predicted molar refractivity (Wildman–Crippen MR) is 117 cm³/mol. The third kappa shape index (κ3) is 4.95. The molecule has 1 amide bonds. The maximum atomic E-state index is 12.0. The van der Waals surface area contributed by atoms with Crippen LogP contribution >= 0.6 is 12.2 Å². The maximum absolute atomic E-state index is 12.0. The average Bonchev–Trinajstić information content (AvgIpc) is 3.06. The SMILES string of the molecule is CCCCCC(=O)NC(=S)Nc1cc(-c2nc3ccc(C)cc3o2)ccc1C. The van der Waals surface area contributed by atoms with E-state index in [9.17, 15) is 4.79 Å². The molecular formula is C22H25N3O2S. The molecule has 2 N–H and O–H groups in total. The topological polar surface area (TPSA) is 67.2 Å². The summed E-state index contributed by atoms with van der Waals surface area (Å²) in [6.07, 6.45) is 3.48. The van der Waals surface area contributed by atoms with E-state index >= 15 is 0 Å². The number of hydrogen-bond donors (Lipinski definition) is 2. The van der Waals surface area contributed by atoms with Gasteiger partial charge in [0, 0.05) is 17.7 Å². The van der Waals surface area contributed by atoms with Crippen LogP contribution in [0.25, 0.3) is 22.6 Å². The summed E-state index contributed by atoms with van der Waals surface area (Å²) in [6, 6.07) is 11.8. The van der Waals surface area contributed by atoms with Gasteiger partial charge in [-0.25, -0.2) is 4.98 Å². The Morgan fingerprint density at radius 1 is 1.14 bits per heavy atom. The normalized spacial score (nSPS) is 10.8. The van der Waals surface area contributed by atoms with Gasteiger partial charge in [-0.05, 0) is 67.9 Å². The molecule has 0 spiro atoms. The van der Waals surface area contributed by atoms with Crippen LogP contribution in [0.3, 0.4) is 0 Å². The first kappa shape index (κ1) is 20.0. The number of thiocarbonyl (C=S) groups is 1. The quantitative estimate of drug-likeness (QED) is 0.426. The van der Waals surface area contributed by atoms with Crippen molar-refractivity contribution in [3.63, 3.8) is 0 Å². The first-order chi connectivity index (χ1) is 13.5. The zero-order chi connectivity index (χ0) is 20.1. The number of nitrogens with one attached hydrogen (secondary N) is 2. The first-order valence-corrected chi connectivity index (χ1v) is 9.96. The van der Waals surface area contributed by atoms with Gasteiger partial charge in [0.15, 0.2) is 10.7 Å². The predicted octanol–water partition coefficient (Wildman–Crippen LogP) is 5.50. The van der Waals surface area contributed by atoms with Crippen LogP contribution in [-0.4, -0.2) is 16.0 Å². The van der Waals surface area contributed by atoms with Crippen LogP contribution < -0.4 is 10.6 Å². The van der Waals surface area contributed by atoms with Crippen molar-refractivity contribution in [3.8, 4) is 11.5 Å². The van der Waals surface area contributed by atoms with E-state index < -0.39 is 0 Å². The number of aromatic nitrogens is 1. The molecule has 0 saturated heterocycles. The summed E-state index contributed by atoms with van der Waals surface area (Å²) < 4.78 is 5.91. The molecule has 1 heterocycles. The van der Waals surface area contributed by atoms with Crippen molar-refractivity contribution in [1.29, 1.82) is 0 Å². The molecule has 0 unspecified atom stereocenters. The van der Waals surface area contributed by atoms with Gasteiger partial charge in [-0.3, -0.25) is 4.79 Å². The third-order valence-electron chi connectivity index (χ3n) is 4.54. The maximum Gasteiger partial charge on any atom is 0.227 e. The number of oxazole rings is 1. The number of rotatable bonds is 6. The fourth-order valence-corrected chi connectivity index (χ4v) is 3.15. The fraction of sp³-hybridized carbons (Fsp3) is 0.318. The van der Waals surface area contributed by atoms with Gasteiger partial charge in [0.05, 0.1) is 0 Å². The molecule has 0 atom stereocenters. The highest BCUT2D eigenvalue weighted by atomic mass is 32.1. The summed E-state index contributed by atoms with van der Waals surface area (Å²) in [7, 11) is 0. The second-order valence-electron chi connectivity index (χ2n) is 6.98. The summed E-state index contributed by atoms with van der Waals surface area (Å²) in [5.41, 5.74) is 5.39. The second-order valence-corrected chi connectivity index (χ2v) is 7.39. The number of carbonyl (C=O) groups excluding carboxylic acids is 1. The van der Waals surface area contributed by atoms with Crippen molar-refractivity contribution in [3.05, 3.63) is 47.5 Å². The number of benzene rings is 2. The number of anilines is 1.